The lowest BCUT2D eigenvalue weighted by atomic mass is 10.1. The van der Waals surface area contributed by atoms with Crippen LogP contribution in [0.15, 0.2) is 24.5 Å². The van der Waals surface area contributed by atoms with Crippen molar-refractivity contribution in [2.24, 2.45) is 11.7 Å². The van der Waals surface area contributed by atoms with Crippen LogP contribution in [0.1, 0.15) is 25.5 Å². The zero-order valence-corrected chi connectivity index (χ0v) is 9.10. The Morgan fingerprint density at radius 3 is 2.87 bits per heavy atom. The monoisotopic (exact) mass is 207 g/mol. The van der Waals surface area contributed by atoms with Gasteiger partial charge in [0.2, 0.25) is 5.91 Å². The van der Waals surface area contributed by atoms with Crippen LogP contribution >= 0.6 is 0 Å². The van der Waals surface area contributed by atoms with E-state index in [1.54, 1.807) is 12.4 Å². The third kappa shape index (κ3) is 3.32. The summed E-state index contributed by atoms with van der Waals surface area (Å²) in [4.78, 5) is 15.5. The molecule has 0 radical (unpaired) electrons. The molecule has 0 fully saturated rings. The van der Waals surface area contributed by atoms with Crippen molar-refractivity contribution in [3.8, 4) is 0 Å². The highest BCUT2D eigenvalue weighted by atomic mass is 16.1. The molecular weight excluding hydrogens is 190 g/mol. The highest BCUT2D eigenvalue weighted by molar-refractivity contribution is 5.78. The van der Waals surface area contributed by atoms with E-state index < -0.39 is 0 Å². The van der Waals surface area contributed by atoms with Crippen LogP contribution in [0, 0.1) is 5.92 Å². The number of carbonyl (C=O) groups is 1. The van der Waals surface area contributed by atoms with E-state index in [9.17, 15) is 4.79 Å². The van der Waals surface area contributed by atoms with Crippen molar-refractivity contribution in [1.29, 1.82) is 0 Å². The molecule has 0 aliphatic carbocycles. The molecule has 1 heterocycles. The van der Waals surface area contributed by atoms with E-state index in [1.807, 2.05) is 26.0 Å². The van der Waals surface area contributed by atoms with Crippen LogP contribution in [-0.2, 0) is 4.79 Å². The first-order chi connectivity index (χ1) is 7.15. The van der Waals surface area contributed by atoms with Crippen molar-refractivity contribution in [2.75, 3.05) is 6.54 Å². The van der Waals surface area contributed by atoms with Gasteiger partial charge in [0, 0.05) is 24.9 Å². The standard InChI is InChI=1S/C11H17N3O/c1-8(6-12)11(15)14-9(2)10-4-3-5-13-7-10/h3-5,7-9H,6,12H2,1-2H3,(H,14,15)/t8?,9-/m1/s1. The third-order valence-corrected chi connectivity index (χ3v) is 2.34. The Morgan fingerprint density at radius 2 is 2.33 bits per heavy atom. The summed E-state index contributed by atoms with van der Waals surface area (Å²) in [6.45, 7) is 4.11. The lowest BCUT2D eigenvalue weighted by Gasteiger charge is -2.16. The predicted molar refractivity (Wildman–Crippen MR) is 59.0 cm³/mol. The van der Waals surface area contributed by atoms with E-state index in [0.717, 1.165) is 5.56 Å². The molecule has 0 saturated heterocycles. The Hall–Kier alpha value is -1.42. The molecule has 1 unspecified atom stereocenters. The van der Waals surface area contributed by atoms with Gasteiger partial charge in [-0.1, -0.05) is 13.0 Å². The Kier molecular flexibility index (Phi) is 4.24. The Bertz CT molecular complexity index is 313. The fraction of sp³-hybridized carbons (Fsp3) is 0.455. The van der Waals surface area contributed by atoms with E-state index in [0.29, 0.717) is 6.54 Å². The molecule has 0 spiro atoms. The first-order valence-electron chi connectivity index (χ1n) is 5.05. The lowest BCUT2D eigenvalue weighted by Crippen LogP contribution is -2.34. The molecule has 1 aromatic rings. The quantitative estimate of drug-likeness (QED) is 0.769. The third-order valence-electron chi connectivity index (χ3n) is 2.34. The minimum atomic E-state index is -0.149. The summed E-state index contributed by atoms with van der Waals surface area (Å²) < 4.78 is 0. The summed E-state index contributed by atoms with van der Waals surface area (Å²) in [5, 5.41) is 2.89. The number of nitrogens with two attached hydrogens (primary N) is 1. The molecule has 0 aliphatic heterocycles. The van der Waals surface area contributed by atoms with Crippen LogP contribution in [0.25, 0.3) is 0 Å². The first kappa shape index (κ1) is 11.7. The maximum Gasteiger partial charge on any atom is 0.224 e. The average molecular weight is 207 g/mol. The molecule has 4 nitrogen and oxygen atoms in total. The number of rotatable bonds is 4. The van der Waals surface area contributed by atoms with Gasteiger partial charge < -0.3 is 11.1 Å². The van der Waals surface area contributed by atoms with E-state index in [1.165, 1.54) is 0 Å². The Labute approximate surface area is 89.9 Å². The largest absolute Gasteiger partial charge is 0.349 e. The predicted octanol–water partition coefficient (Wildman–Crippen LogP) is 0.854. The summed E-state index contributed by atoms with van der Waals surface area (Å²) >= 11 is 0. The second kappa shape index (κ2) is 5.46. The van der Waals surface area contributed by atoms with Gasteiger partial charge in [0.15, 0.2) is 0 Å². The number of nitrogens with zero attached hydrogens (tertiary/aromatic N) is 1. The van der Waals surface area contributed by atoms with Gasteiger partial charge in [-0.3, -0.25) is 9.78 Å². The molecule has 15 heavy (non-hydrogen) atoms. The van der Waals surface area contributed by atoms with Gasteiger partial charge >= 0.3 is 0 Å². The highest BCUT2D eigenvalue weighted by Gasteiger charge is 2.14. The maximum absolute atomic E-state index is 11.5. The van der Waals surface area contributed by atoms with Crippen molar-refractivity contribution in [3.05, 3.63) is 30.1 Å². The topological polar surface area (TPSA) is 68.0 Å². The van der Waals surface area contributed by atoms with Crippen LogP contribution in [0.4, 0.5) is 0 Å². The SMILES string of the molecule is CC(CN)C(=O)N[C@H](C)c1cccnc1. The zero-order chi connectivity index (χ0) is 11.3. The van der Waals surface area contributed by atoms with Crippen molar-refractivity contribution < 1.29 is 4.79 Å². The average Bonchev–Trinajstić information content (AvgIpc) is 2.29. The van der Waals surface area contributed by atoms with Crippen LogP contribution in [-0.4, -0.2) is 17.4 Å². The van der Waals surface area contributed by atoms with Gasteiger partial charge in [-0.05, 0) is 18.6 Å². The molecule has 1 amide bonds. The number of aromatic nitrogens is 1. The molecule has 4 heteroatoms. The number of hydrogen-bond acceptors (Lipinski definition) is 3. The Balaban J connectivity index is 2.56. The molecule has 0 aliphatic rings. The van der Waals surface area contributed by atoms with Crippen molar-refractivity contribution in [3.63, 3.8) is 0 Å². The first-order valence-corrected chi connectivity index (χ1v) is 5.05. The molecule has 3 N–H and O–H groups in total. The summed E-state index contributed by atoms with van der Waals surface area (Å²) in [5.74, 6) is -0.169. The fourth-order valence-corrected chi connectivity index (χ4v) is 1.18. The smallest absolute Gasteiger partial charge is 0.224 e. The van der Waals surface area contributed by atoms with Crippen LogP contribution in [0.5, 0.6) is 0 Å². The number of hydrogen-bond donors (Lipinski definition) is 2. The molecule has 82 valence electrons. The van der Waals surface area contributed by atoms with Gasteiger partial charge in [-0.2, -0.15) is 0 Å². The van der Waals surface area contributed by atoms with E-state index in [2.05, 4.69) is 10.3 Å². The van der Waals surface area contributed by atoms with Gasteiger partial charge in [-0.15, -0.1) is 0 Å². The van der Waals surface area contributed by atoms with Gasteiger partial charge in [0.1, 0.15) is 0 Å². The number of nitrogens with one attached hydrogen (secondary N) is 1. The lowest BCUT2D eigenvalue weighted by molar-refractivity contribution is -0.124. The molecule has 0 aromatic carbocycles. The summed E-state index contributed by atoms with van der Waals surface area (Å²) in [7, 11) is 0. The van der Waals surface area contributed by atoms with Crippen LogP contribution in [0.2, 0.25) is 0 Å². The second-order valence-corrected chi connectivity index (χ2v) is 3.65. The molecule has 1 rings (SSSR count). The highest BCUT2D eigenvalue weighted by Crippen LogP contribution is 2.10. The molecule has 2 atom stereocenters. The summed E-state index contributed by atoms with van der Waals surface area (Å²) in [5.41, 5.74) is 6.41. The minimum Gasteiger partial charge on any atom is -0.349 e. The summed E-state index contributed by atoms with van der Waals surface area (Å²) in [6.07, 6.45) is 3.46. The molecule has 1 aromatic heterocycles. The van der Waals surface area contributed by atoms with Crippen molar-refractivity contribution in [2.45, 2.75) is 19.9 Å². The van der Waals surface area contributed by atoms with Crippen LogP contribution < -0.4 is 11.1 Å². The number of pyridine rings is 1. The van der Waals surface area contributed by atoms with Gasteiger partial charge in [0.25, 0.3) is 0 Å². The van der Waals surface area contributed by atoms with Crippen molar-refractivity contribution in [1.82, 2.24) is 10.3 Å². The zero-order valence-electron chi connectivity index (χ0n) is 9.10. The molecular formula is C11H17N3O. The Morgan fingerprint density at radius 1 is 1.60 bits per heavy atom. The summed E-state index contributed by atoms with van der Waals surface area (Å²) in [6, 6.07) is 3.76. The van der Waals surface area contributed by atoms with E-state index >= 15 is 0 Å². The minimum absolute atomic E-state index is 0.0196. The molecule has 0 bridgehead atoms. The number of carbonyl (C=O) groups excluding carboxylic acids is 1. The van der Waals surface area contributed by atoms with Gasteiger partial charge in [0.05, 0.1) is 6.04 Å². The number of amides is 1. The van der Waals surface area contributed by atoms with E-state index in [4.69, 9.17) is 5.73 Å². The second-order valence-electron chi connectivity index (χ2n) is 3.65. The van der Waals surface area contributed by atoms with Crippen LogP contribution in [0.3, 0.4) is 0 Å². The maximum atomic E-state index is 11.5. The van der Waals surface area contributed by atoms with Gasteiger partial charge in [-0.25, -0.2) is 0 Å². The normalized spacial score (nSPS) is 14.3. The van der Waals surface area contributed by atoms with E-state index in [-0.39, 0.29) is 17.9 Å². The van der Waals surface area contributed by atoms with Crippen molar-refractivity contribution >= 4 is 5.91 Å². The fourth-order valence-electron chi connectivity index (χ4n) is 1.18. The molecule has 0 saturated carbocycles.